The van der Waals surface area contributed by atoms with E-state index in [1.165, 1.54) is 25.2 Å². The molecule has 218 valence electrons. The first-order valence-electron chi connectivity index (χ1n) is 12.4. The van der Waals surface area contributed by atoms with Crippen LogP contribution in [0.5, 0.6) is 5.75 Å². The third kappa shape index (κ3) is 7.88. The molecular weight excluding hydrogens is 546 g/mol. The average molecular weight is 580 g/mol. The number of hydrogen-bond donors (Lipinski definition) is 2. The highest BCUT2D eigenvalue weighted by atomic mass is 32.1. The molecule has 2 amide bonds. The number of esters is 3. The summed E-state index contributed by atoms with van der Waals surface area (Å²) in [5.74, 6) is -2.53. The molecule has 0 spiro atoms. The topological polar surface area (TPSA) is 168 Å². The molecular formula is C26H33N3O10S. The Kier molecular flexibility index (Phi) is 9.69. The van der Waals surface area contributed by atoms with E-state index in [4.69, 9.17) is 23.7 Å². The molecule has 0 unspecified atom stereocenters. The number of nitrogens with zero attached hydrogens (tertiary/aromatic N) is 1. The Morgan fingerprint density at radius 1 is 0.975 bits per heavy atom. The van der Waals surface area contributed by atoms with Crippen LogP contribution in [0, 0.1) is 5.41 Å². The van der Waals surface area contributed by atoms with E-state index in [9.17, 15) is 24.0 Å². The van der Waals surface area contributed by atoms with Crippen LogP contribution in [0.1, 0.15) is 48.5 Å². The minimum absolute atomic E-state index is 0.218. The van der Waals surface area contributed by atoms with Crippen LogP contribution in [0.25, 0.3) is 10.2 Å². The van der Waals surface area contributed by atoms with Crippen LogP contribution in [-0.2, 0) is 42.9 Å². The van der Waals surface area contributed by atoms with E-state index in [1.54, 1.807) is 39.0 Å². The fraction of sp³-hybridized carbons (Fsp3) is 0.538. The van der Waals surface area contributed by atoms with Crippen LogP contribution >= 0.6 is 11.3 Å². The zero-order chi connectivity index (χ0) is 29.8. The Labute approximate surface area is 234 Å². The van der Waals surface area contributed by atoms with Crippen LogP contribution in [-0.4, -0.2) is 72.0 Å². The van der Waals surface area contributed by atoms with Crippen molar-refractivity contribution in [3.8, 4) is 5.75 Å². The van der Waals surface area contributed by atoms with Crippen molar-refractivity contribution in [2.24, 2.45) is 5.41 Å². The number of aromatic nitrogens is 1. The lowest BCUT2D eigenvalue weighted by Crippen LogP contribution is -2.67. The molecule has 5 atom stereocenters. The third-order valence-corrected chi connectivity index (χ3v) is 6.53. The summed E-state index contributed by atoms with van der Waals surface area (Å²) in [5, 5.41) is 5.80. The molecule has 1 saturated heterocycles. The number of para-hydroxylation sites is 1. The van der Waals surface area contributed by atoms with Crippen molar-refractivity contribution in [3.05, 3.63) is 18.2 Å². The molecule has 13 nitrogen and oxygen atoms in total. The number of carbonyl (C=O) groups excluding carboxylic acids is 5. The summed E-state index contributed by atoms with van der Waals surface area (Å²) in [6.07, 6.45) is -4.93. The molecule has 14 heteroatoms. The number of rotatable bonds is 8. The first-order valence-corrected chi connectivity index (χ1v) is 13.3. The number of benzene rings is 1. The highest BCUT2D eigenvalue weighted by Gasteiger charge is 2.52. The normalized spacial score (nSPS) is 22.6. The predicted molar refractivity (Wildman–Crippen MR) is 142 cm³/mol. The summed E-state index contributed by atoms with van der Waals surface area (Å²) in [4.78, 5) is 64.7. The predicted octanol–water partition coefficient (Wildman–Crippen LogP) is 2.32. The third-order valence-electron chi connectivity index (χ3n) is 5.60. The Bertz CT molecular complexity index is 1290. The molecule has 0 aliphatic carbocycles. The van der Waals surface area contributed by atoms with Gasteiger partial charge in [0.1, 0.15) is 30.0 Å². The monoisotopic (exact) mass is 579 g/mol. The van der Waals surface area contributed by atoms with Gasteiger partial charge in [0, 0.05) is 33.1 Å². The maximum Gasteiger partial charge on any atom is 0.303 e. The van der Waals surface area contributed by atoms with Gasteiger partial charge in [-0.15, -0.1) is 0 Å². The van der Waals surface area contributed by atoms with Gasteiger partial charge in [0.05, 0.1) is 4.70 Å². The number of carbonyl (C=O) groups is 5. The zero-order valence-electron chi connectivity index (χ0n) is 23.3. The van der Waals surface area contributed by atoms with Crippen molar-refractivity contribution >= 4 is 56.4 Å². The lowest BCUT2D eigenvalue weighted by molar-refractivity contribution is -0.257. The van der Waals surface area contributed by atoms with Gasteiger partial charge < -0.3 is 34.3 Å². The maximum absolute atomic E-state index is 12.5. The number of nitrogens with one attached hydrogen (secondary N) is 2. The second-order valence-corrected chi connectivity index (χ2v) is 11.2. The Morgan fingerprint density at radius 3 is 2.20 bits per heavy atom. The van der Waals surface area contributed by atoms with Crippen LogP contribution in [0.3, 0.4) is 0 Å². The summed E-state index contributed by atoms with van der Waals surface area (Å²) < 4.78 is 29.0. The van der Waals surface area contributed by atoms with Crippen LogP contribution < -0.4 is 15.4 Å². The summed E-state index contributed by atoms with van der Waals surface area (Å²) in [6.45, 7) is 9.74. The van der Waals surface area contributed by atoms with E-state index in [-0.39, 0.29) is 18.3 Å². The van der Waals surface area contributed by atoms with Gasteiger partial charge in [-0.05, 0) is 12.1 Å². The van der Waals surface area contributed by atoms with Gasteiger partial charge in [-0.25, -0.2) is 4.98 Å². The largest absolute Gasteiger partial charge is 0.463 e. The van der Waals surface area contributed by atoms with Gasteiger partial charge in [0.2, 0.25) is 18.1 Å². The van der Waals surface area contributed by atoms with E-state index in [0.717, 1.165) is 13.8 Å². The van der Waals surface area contributed by atoms with E-state index >= 15 is 0 Å². The molecule has 1 aromatic heterocycles. The number of anilines is 1. The van der Waals surface area contributed by atoms with E-state index in [2.05, 4.69) is 15.6 Å². The van der Waals surface area contributed by atoms with Crippen molar-refractivity contribution in [1.29, 1.82) is 0 Å². The highest BCUT2D eigenvalue weighted by molar-refractivity contribution is 7.22. The van der Waals surface area contributed by atoms with Crippen molar-refractivity contribution < 1.29 is 47.7 Å². The highest BCUT2D eigenvalue weighted by Crippen LogP contribution is 2.36. The Hall–Kier alpha value is -3.78. The smallest absolute Gasteiger partial charge is 0.303 e. The van der Waals surface area contributed by atoms with E-state index in [0.29, 0.717) is 15.3 Å². The van der Waals surface area contributed by atoms with Crippen LogP contribution in [0.15, 0.2) is 18.2 Å². The van der Waals surface area contributed by atoms with Crippen molar-refractivity contribution in [3.63, 3.8) is 0 Å². The molecule has 1 aromatic carbocycles. The fourth-order valence-corrected chi connectivity index (χ4v) is 4.75. The van der Waals surface area contributed by atoms with Crippen LogP contribution in [0.2, 0.25) is 0 Å². The standard InChI is InChI=1S/C26H33N3O10S/c1-12(30)27-20-22(37-15(4)33)21(36-14(3)32)17(11-35-13(2)31)39-23(20)38-16-9-8-10-18-19(16)28-25(40-18)29-24(34)26(5,6)7/h8-10,17,20-23H,11H2,1-7H3,(H,27,30)(H,28,29,34)/t17-,20-,21-,22-,23-/m0/s1. The first-order chi connectivity index (χ1) is 18.6. The van der Waals surface area contributed by atoms with Gasteiger partial charge in [0.25, 0.3) is 0 Å². The number of ether oxygens (including phenoxy) is 5. The lowest BCUT2D eigenvalue weighted by atomic mass is 9.96. The molecule has 40 heavy (non-hydrogen) atoms. The Morgan fingerprint density at radius 2 is 1.62 bits per heavy atom. The zero-order valence-corrected chi connectivity index (χ0v) is 24.1. The van der Waals surface area contributed by atoms with Gasteiger partial charge in [0.15, 0.2) is 17.3 Å². The van der Waals surface area contributed by atoms with E-state index in [1.807, 2.05) is 0 Å². The molecule has 0 saturated carbocycles. The second kappa shape index (κ2) is 12.6. The van der Waals surface area contributed by atoms with Crippen molar-refractivity contribution in [1.82, 2.24) is 10.3 Å². The van der Waals surface area contributed by atoms with Gasteiger partial charge in [-0.2, -0.15) is 0 Å². The van der Waals surface area contributed by atoms with Crippen molar-refractivity contribution in [2.45, 2.75) is 79.1 Å². The molecule has 1 aliphatic rings. The quantitative estimate of drug-likeness (QED) is 0.348. The molecule has 1 fully saturated rings. The van der Waals surface area contributed by atoms with Gasteiger partial charge >= 0.3 is 17.9 Å². The molecule has 2 aromatic rings. The van der Waals surface area contributed by atoms with Crippen LogP contribution in [0.4, 0.5) is 5.13 Å². The Balaban J connectivity index is 2.02. The summed E-state index contributed by atoms with van der Waals surface area (Å²) in [7, 11) is 0. The second-order valence-electron chi connectivity index (χ2n) is 10.2. The molecule has 0 radical (unpaired) electrons. The molecule has 0 bridgehead atoms. The number of amides is 2. The van der Waals surface area contributed by atoms with Crippen molar-refractivity contribution in [2.75, 3.05) is 11.9 Å². The molecule has 2 heterocycles. The number of hydrogen-bond acceptors (Lipinski definition) is 12. The SMILES string of the molecule is CC(=O)N[C@@H]1[C@@H](Oc2cccc3sc(NC(=O)C(C)(C)C)nc23)O[C@@H](COC(C)=O)[C@H](OC(C)=O)[C@H]1OC(C)=O. The minimum Gasteiger partial charge on any atom is -0.463 e. The maximum atomic E-state index is 12.5. The lowest BCUT2D eigenvalue weighted by Gasteiger charge is -2.44. The average Bonchev–Trinajstić information content (AvgIpc) is 3.23. The number of fused-ring (bicyclic) bond motifs is 1. The first kappa shape index (κ1) is 30.8. The summed E-state index contributed by atoms with van der Waals surface area (Å²) >= 11 is 1.24. The fourth-order valence-electron chi connectivity index (χ4n) is 3.87. The van der Waals surface area contributed by atoms with Gasteiger partial charge in [-0.1, -0.05) is 38.2 Å². The number of thiazole rings is 1. The minimum atomic E-state index is -1.31. The van der Waals surface area contributed by atoms with E-state index < -0.39 is 59.9 Å². The molecule has 2 N–H and O–H groups in total. The summed E-state index contributed by atoms with van der Waals surface area (Å²) in [5.41, 5.74) is -0.232. The molecule has 1 aliphatic heterocycles. The summed E-state index contributed by atoms with van der Waals surface area (Å²) in [6, 6.07) is 3.98. The molecule has 3 rings (SSSR count). The van der Waals surface area contributed by atoms with Gasteiger partial charge in [-0.3, -0.25) is 24.0 Å².